The van der Waals surface area contributed by atoms with E-state index in [1.807, 2.05) is 50.2 Å². The van der Waals surface area contributed by atoms with E-state index in [0.717, 1.165) is 16.5 Å². The van der Waals surface area contributed by atoms with Crippen molar-refractivity contribution < 1.29 is 27.5 Å². The van der Waals surface area contributed by atoms with Gasteiger partial charge in [0.2, 0.25) is 11.8 Å². The summed E-state index contributed by atoms with van der Waals surface area (Å²) in [5, 5.41) is 9.36. The Bertz CT molecular complexity index is 1380. The molecule has 0 aliphatic carbocycles. The normalized spacial score (nSPS) is 14.0. The molecule has 0 saturated heterocycles. The van der Waals surface area contributed by atoms with Crippen LogP contribution in [0.2, 0.25) is 0 Å². The van der Waals surface area contributed by atoms with E-state index >= 15 is 0 Å². The fraction of sp³-hybridized carbons (Fsp3) is 0.424. The van der Waals surface area contributed by atoms with E-state index in [1.54, 1.807) is 65.0 Å². The van der Waals surface area contributed by atoms with E-state index in [1.165, 1.54) is 6.08 Å². The van der Waals surface area contributed by atoms with Gasteiger partial charge in [0.1, 0.15) is 17.7 Å². The Morgan fingerprint density at radius 1 is 0.837 bits per heavy atom. The molecule has 0 fully saturated rings. The second kappa shape index (κ2) is 16.1. The van der Waals surface area contributed by atoms with Gasteiger partial charge in [-0.25, -0.2) is 13.2 Å². The second-order valence-corrected chi connectivity index (χ2v) is 13.9. The zero-order chi connectivity index (χ0) is 32.2. The van der Waals surface area contributed by atoms with Crippen LogP contribution in [0.1, 0.15) is 59.6 Å². The van der Waals surface area contributed by atoms with Crippen LogP contribution >= 0.6 is 0 Å². The van der Waals surface area contributed by atoms with Crippen molar-refractivity contribution in [3.05, 3.63) is 94.9 Å². The smallest absolute Gasteiger partial charge is 0.408 e. The van der Waals surface area contributed by atoms with Crippen molar-refractivity contribution in [2.75, 3.05) is 0 Å². The van der Waals surface area contributed by atoms with E-state index in [0.29, 0.717) is 5.56 Å². The zero-order valence-electron chi connectivity index (χ0n) is 26.1. The third-order valence-electron chi connectivity index (χ3n) is 6.06. The van der Waals surface area contributed by atoms with Gasteiger partial charge in [0, 0.05) is 11.8 Å². The van der Waals surface area contributed by atoms with Gasteiger partial charge in [-0.3, -0.25) is 9.59 Å². The number of hydrogen-bond donors (Lipinski definition) is 3. The van der Waals surface area contributed by atoms with Gasteiger partial charge in [-0.05, 0) is 57.7 Å². The van der Waals surface area contributed by atoms with Crippen LogP contribution in [-0.2, 0) is 36.3 Å². The van der Waals surface area contributed by atoms with Gasteiger partial charge < -0.3 is 20.7 Å². The van der Waals surface area contributed by atoms with Gasteiger partial charge in [-0.1, -0.05) is 86.2 Å². The number of nitrogens with one attached hydrogen (secondary N) is 3. The standard InChI is InChI=1S/C33H45N3O6S/c1-23(2)20-27(18-19-43(40,41)22-26-16-12-9-13-17-26)34-31(38)29(24(3)4)36-30(37)28(21-25-14-10-8-11-15-25)35-32(39)42-33(5,6)7/h8-20,24,27-29H,21-22H2,1-7H3,(H,34,38)(H,35,39)(H,36,37)/b19-18+. The van der Waals surface area contributed by atoms with Crippen molar-refractivity contribution in [2.45, 2.75) is 84.4 Å². The molecule has 2 aromatic carbocycles. The Balaban J connectivity index is 2.22. The van der Waals surface area contributed by atoms with E-state index in [2.05, 4.69) is 16.0 Å². The van der Waals surface area contributed by atoms with E-state index < -0.39 is 51.5 Å². The highest BCUT2D eigenvalue weighted by Gasteiger charge is 2.30. The fourth-order valence-corrected chi connectivity index (χ4v) is 5.28. The van der Waals surface area contributed by atoms with E-state index in [-0.39, 0.29) is 18.1 Å². The summed E-state index contributed by atoms with van der Waals surface area (Å²) >= 11 is 0. The summed E-state index contributed by atoms with van der Waals surface area (Å²) in [6.07, 6.45) is 2.58. The summed E-state index contributed by atoms with van der Waals surface area (Å²) in [5.74, 6) is -1.53. The first kappa shape index (κ1) is 35.3. The molecule has 234 valence electrons. The van der Waals surface area contributed by atoms with Gasteiger partial charge in [-0.2, -0.15) is 0 Å². The Kier molecular flexibility index (Phi) is 13.2. The van der Waals surface area contributed by atoms with Crippen molar-refractivity contribution in [2.24, 2.45) is 5.92 Å². The highest BCUT2D eigenvalue weighted by molar-refractivity contribution is 7.93. The van der Waals surface area contributed by atoms with Crippen molar-refractivity contribution in [3.8, 4) is 0 Å². The topological polar surface area (TPSA) is 131 Å². The average Bonchev–Trinajstić information content (AvgIpc) is 2.89. The number of hydrogen-bond acceptors (Lipinski definition) is 6. The molecular formula is C33H45N3O6S. The van der Waals surface area contributed by atoms with Crippen molar-refractivity contribution in [3.63, 3.8) is 0 Å². The molecular weight excluding hydrogens is 566 g/mol. The number of ether oxygens (including phenoxy) is 1. The molecule has 0 bridgehead atoms. The molecule has 9 nitrogen and oxygen atoms in total. The molecule has 3 amide bonds. The highest BCUT2D eigenvalue weighted by Crippen LogP contribution is 2.12. The van der Waals surface area contributed by atoms with Crippen LogP contribution in [0, 0.1) is 5.92 Å². The molecule has 3 N–H and O–H groups in total. The molecule has 10 heteroatoms. The number of rotatable bonds is 13. The quantitative estimate of drug-likeness (QED) is 0.278. The summed E-state index contributed by atoms with van der Waals surface area (Å²) in [4.78, 5) is 39.5. The number of carbonyl (C=O) groups is 3. The fourth-order valence-electron chi connectivity index (χ4n) is 4.12. The number of alkyl carbamates (subject to hydrolysis) is 1. The highest BCUT2D eigenvalue weighted by atomic mass is 32.2. The van der Waals surface area contributed by atoms with Crippen molar-refractivity contribution in [1.82, 2.24) is 16.0 Å². The van der Waals surface area contributed by atoms with Crippen LogP contribution in [-0.4, -0.2) is 50.1 Å². The van der Waals surface area contributed by atoms with Crippen molar-refractivity contribution >= 4 is 27.7 Å². The molecule has 3 unspecified atom stereocenters. The first-order valence-electron chi connectivity index (χ1n) is 14.3. The molecule has 0 spiro atoms. The molecule has 0 saturated carbocycles. The van der Waals surface area contributed by atoms with Gasteiger partial charge in [-0.15, -0.1) is 0 Å². The Morgan fingerprint density at radius 3 is 1.91 bits per heavy atom. The van der Waals surface area contributed by atoms with Crippen molar-refractivity contribution in [1.29, 1.82) is 0 Å². The number of sulfone groups is 1. The third kappa shape index (κ3) is 13.7. The van der Waals surface area contributed by atoms with Crippen LogP contribution in [0.25, 0.3) is 0 Å². The minimum absolute atomic E-state index is 0.169. The zero-order valence-corrected chi connectivity index (χ0v) is 26.9. The minimum Gasteiger partial charge on any atom is -0.444 e. The van der Waals surface area contributed by atoms with Gasteiger partial charge in [0.05, 0.1) is 11.8 Å². The second-order valence-electron chi connectivity index (χ2n) is 12.0. The maximum Gasteiger partial charge on any atom is 0.408 e. The Labute approximate surface area is 256 Å². The van der Waals surface area contributed by atoms with E-state index in [9.17, 15) is 22.8 Å². The van der Waals surface area contributed by atoms with Crippen LogP contribution in [0.4, 0.5) is 4.79 Å². The summed E-state index contributed by atoms with van der Waals surface area (Å²) < 4.78 is 30.8. The lowest BCUT2D eigenvalue weighted by Gasteiger charge is -2.27. The molecule has 0 aliphatic heterocycles. The monoisotopic (exact) mass is 611 g/mol. The largest absolute Gasteiger partial charge is 0.444 e. The van der Waals surface area contributed by atoms with Crippen LogP contribution in [0.15, 0.2) is 83.8 Å². The number of amides is 3. The summed E-state index contributed by atoms with van der Waals surface area (Å²) in [6.45, 7) is 12.4. The molecule has 0 aromatic heterocycles. The maximum atomic E-state index is 13.5. The predicted molar refractivity (Wildman–Crippen MR) is 170 cm³/mol. The van der Waals surface area contributed by atoms with Gasteiger partial charge >= 0.3 is 6.09 Å². The third-order valence-corrected chi connectivity index (χ3v) is 7.37. The molecule has 0 aliphatic rings. The SMILES string of the molecule is CC(C)=CC(/C=C/S(=O)(=O)Cc1ccccc1)NC(=O)C(NC(=O)C(Cc1ccccc1)NC(=O)OC(C)(C)C)C(C)C. The Hall–Kier alpha value is -3.92. The van der Waals surface area contributed by atoms with E-state index in [4.69, 9.17) is 4.74 Å². The minimum atomic E-state index is -3.61. The van der Waals surface area contributed by atoms with Crippen LogP contribution in [0.3, 0.4) is 0 Å². The van der Waals surface area contributed by atoms with Gasteiger partial charge in [0.25, 0.3) is 0 Å². The molecule has 2 aromatic rings. The van der Waals surface area contributed by atoms with Crippen LogP contribution < -0.4 is 16.0 Å². The molecule has 2 rings (SSSR count). The number of benzene rings is 2. The lowest BCUT2D eigenvalue weighted by atomic mass is 10.0. The predicted octanol–water partition coefficient (Wildman–Crippen LogP) is 4.84. The lowest BCUT2D eigenvalue weighted by Crippen LogP contribution is -2.57. The molecule has 3 atom stereocenters. The van der Waals surface area contributed by atoms with Gasteiger partial charge in [0.15, 0.2) is 9.84 Å². The Morgan fingerprint density at radius 2 is 1.40 bits per heavy atom. The lowest BCUT2D eigenvalue weighted by molar-refractivity contribution is -0.131. The van der Waals surface area contributed by atoms with Crippen LogP contribution in [0.5, 0.6) is 0 Å². The first-order valence-corrected chi connectivity index (χ1v) is 16.0. The summed E-state index contributed by atoms with van der Waals surface area (Å²) in [7, 11) is -3.61. The summed E-state index contributed by atoms with van der Waals surface area (Å²) in [5.41, 5.74) is 1.57. The summed E-state index contributed by atoms with van der Waals surface area (Å²) in [6, 6.07) is 15.3. The number of allylic oxidation sites excluding steroid dienone is 1. The average molecular weight is 612 g/mol. The number of carbonyl (C=O) groups excluding carboxylic acids is 3. The molecule has 43 heavy (non-hydrogen) atoms. The first-order chi connectivity index (χ1) is 20.0. The molecule has 0 heterocycles. The maximum absolute atomic E-state index is 13.5. The molecule has 0 radical (unpaired) electrons.